The van der Waals surface area contributed by atoms with Crippen molar-refractivity contribution in [1.29, 1.82) is 0 Å². The first-order chi connectivity index (χ1) is 8.22. The number of nitrogens with zero attached hydrogens (tertiary/aromatic N) is 1. The lowest BCUT2D eigenvalue weighted by Gasteiger charge is -2.17. The number of likely N-dealkylation sites (N-methyl/N-ethyl adjacent to an activating group) is 1. The number of benzene rings is 2. The van der Waals surface area contributed by atoms with Crippen molar-refractivity contribution in [2.24, 2.45) is 0 Å². The topological polar surface area (TPSA) is 29.5 Å². The molecule has 3 heteroatoms. The number of hydrogen-bond acceptors (Lipinski definition) is 2. The van der Waals surface area contributed by atoms with Crippen molar-refractivity contribution < 1.29 is 9.53 Å². The number of rotatable bonds is 3. The standard InChI is InChI=1S/C14H15NO2/c1-15(14(16)10-17-2)13-8-7-11-5-3-4-6-12(11)9-13/h3-9H,10H2,1-2H3. The summed E-state index contributed by atoms with van der Waals surface area (Å²) in [5.74, 6) is -0.0530. The molecule has 0 unspecified atom stereocenters. The van der Waals surface area contributed by atoms with Crippen LogP contribution in [0, 0.1) is 0 Å². The van der Waals surface area contributed by atoms with Gasteiger partial charge < -0.3 is 9.64 Å². The average Bonchev–Trinajstić information content (AvgIpc) is 2.37. The molecule has 0 bridgehead atoms. The quantitative estimate of drug-likeness (QED) is 0.809. The molecule has 2 rings (SSSR count). The molecule has 0 aliphatic carbocycles. The molecule has 88 valence electrons. The summed E-state index contributed by atoms with van der Waals surface area (Å²) in [5.41, 5.74) is 0.880. The molecule has 2 aromatic carbocycles. The Morgan fingerprint density at radius 2 is 1.88 bits per heavy atom. The van der Waals surface area contributed by atoms with Crippen LogP contribution in [0.2, 0.25) is 0 Å². The zero-order chi connectivity index (χ0) is 12.3. The van der Waals surface area contributed by atoms with Crippen molar-refractivity contribution in [1.82, 2.24) is 0 Å². The molecule has 0 spiro atoms. The fraction of sp³-hybridized carbons (Fsp3) is 0.214. The number of ether oxygens (including phenoxy) is 1. The number of anilines is 1. The zero-order valence-electron chi connectivity index (χ0n) is 10.0. The minimum absolute atomic E-state index is 0.0530. The van der Waals surface area contributed by atoms with E-state index in [1.165, 1.54) is 12.5 Å². The summed E-state index contributed by atoms with van der Waals surface area (Å²) in [6.45, 7) is 0.101. The van der Waals surface area contributed by atoms with Crippen molar-refractivity contribution in [3.05, 3.63) is 42.5 Å². The maximum atomic E-state index is 11.7. The van der Waals surface area contributed by atoms with Gasteiger partial charge in [0.2, 0.25) is 0 Å². The second-order valence-corrected chi connectivity index (χ2v) is 3.92. The first kappa shape index (κ1) is 11.6. The van der Waals surface area contributed by atoms with E-state index >= 15 is 0 Å². The third-order valence-corrected chi connectivity index (χ3v) is 2.76. The van der Waals surface area contributed by atoms with Crippen LogP contribution in [0.25, 0.3) is 10.8 Å². The minimum atomic E-state index is -0.0530. The van der Waals surface area contributed by atoms with Gasteiger partial charge in [0.15, 0.2) is 0 Å². The van der Waals surface area contributed by atoms with Crippen molar-refractivity contribution >= 4 is 22.4 Å². The summed E-state index contributed by atoms with van der Waals surface area (Å²) in [6.07, 6.45) is 0. The molecule has 17 heavy (non-hydrogen) atoms. The highest BCUT2D eigenvalue weighted by Crippen LogP contribution is 2.21. The summed E-state index contributed by atoms with van der Waals surface area (Å²) in [6, 6.07) is 14.0. The van der Waals surface area contributed by atoms with Crippen molar-refractivity contribution in [2.45, 2.75) is 0 Å². The van der Waals surface area contributed by atoms with Crippen LogP contribution in [-0.2, 0) is 9.53 Å². The highest BCUT2D eigenvalue weighted by molar-refractivity contribution is 5.96. The summed E-state index contributed by atoms with van der Waals surface area (Å²) < 4.78 is 4.84. The number of carbonyl (C=O) groups excluding carboxylic acids is 1. The molecule has 0 saturated carbocycles. The van der Waals surface area contributed by atoms with Crippen LogP contribution in [0.1, 0.15) is 0 Å². The van der Waals surface area contributed by atoms with Crippen molar-refractivity contribution in [2.75, 3.05) is 25.7 Å². The molecular formula is C14H15NO2. The van der Waals surface area contributed by atoms with E-state index < -0.39 is 0 Å². The minimum Gasteiger partial charge on any atom is -0.375 e. The molecule has 0 fully saturated rings. The molecule has 2 aromatic rings. The average molecular weight is 229 g/mol. The van der Waals surface area contributed by atoms with Gasteiger partial charge in [-0.05, 0) is 22.9 Å². The molecule has 0 atom stereocenters. The predicted molar refractivity (Wildman–Crippen MR) is 69.2 cm³/mol. The van der Waals surface area contributed by atoms with Gasteiger partial charge >= 0.3 is 0 Å². The Kier molecular flexibility index (Phi) is 3.40. The number of fused-ring (bicyclic) bond motifs is 1. The fourth-order valence-corrected chi connectivity index (χ4v) is 1.75. The van der Waals surface area contributed by atoms with Gasteiger partial charge in [0.1, 0.15) is 6.61 Å². The lowest BCUT2D eigenvalue weighted by atomic mass is 10.1. The zero-order valence-corrected chi connectivity index (χ0v) is 10.0. The number of hydrogen-bond donors (Lipinski definition) is 0. The second kappa shape index (κ2) is 4.97. The Hall–Kier alpha value is -1.87. The van der Waals surface area contributed by atoms with Gasteiger partial charge in [-0.1, -0.05) is 30.3 Å². The van der Waals surface area contributed by atoms with Gasteiger partial charge in [0.05, 0.1) is 0 Å². The van der Waals surface area contributed by atoms with Gasteiger partial charge in [-0.3, -0.25) is 4.79 Å². The first-order valence-corrected chi connectivity index (χ1v) is 5.46. The molecule has 0 aliphatic heterocycles. The Balaban J connectivity index is 2.32. The van der Waals surface area contributed by atoms with E-state index in [1.807, 2.05) is 36.4 Å². The van der Waals surface area contributed by atoms with E-state index in [2.05, 4.69) is 6.07 Å². The van der Waals surface area contributed by atoms with Crippen LogP contribution in [0.15, 0.2) is 42.5 Å². The molecule has 0 aliphatic rings. The van der Waals surface area contributed by atoms with E-state index in [4.69, 9.17) is 4.74 Å². The van der Waals surface area contributed by atoms with Gasteiger partial charge in [0, 0.05) is 19.8 Å². The van der Waals surface area contributed by atoms with E-state index in [0.717, 1.165) is 11.1 Å². The van der Waals surface area contributed by atoms with E-state index in [0.29, 0.717) is 0 Å². The molecule has 0 heterocycles. The third kappa shape index (κ3) is 2.45. The second-order valence-electron chi connectivity index (χ2n) is 3.92. The smallest absolute Gasteiger partial charge is 0.252 e. The van der Waals surface area contributed by atoms with Crippen molar-refractivity contribution in [3.8, 4) is 0 Å². The first-order valence-electron chi connectivity index (χ1n) is 5.46. The molecule has 0 N–H and O–H groups in total. The largest absolute Gasteiger partial charge is 0.375 e. The van der Waals surface area contributed by atoms with Gasteiger partial charge in [-0.25, -0.2) is 0 Å². The summed E-state index contributed by atoms with van der Waals surface area (Å²) >= 11 is 0. The van der Waals surface area contributed by atoms with Gasteiger partial charge in [0.25, 0.3) is 5.91 Å². The lowest BCUT2D eigenvalue weighted by Crippen LogP contribution is -2.29. The van der Waals surface area contributed by atoms with Crippen LogP contribution in [-0.4, -0.2) is 26.7 Å². The summed E-state index contributed by atoms with van der Waals surface area (Å²) in [7, 11) is 3.28. The number of carbonyl (C=O) groups is 1. The third-order valence-electron chi connectivity index (χ3n) is 2.76. The highest BCUT2D eigenvalue weighted by atomic mass is 16.5. The maximum absolute atomic E-state index is 11.7. The highest BCUT2D eigenvalue weighted by Gasteiger charge is 2.10. The Labute approximate surface area is 101 Å². The Morgan fingerprint density at radius 1 is 1.18 bits per heavy atom. The molecule has 0 saturated heterocycles. The number of methoxy groups -OCH3 is 1. The molecular weight excluding hydrogens is 214 g/mol. The molecule has 3 nitrogen and oxygen atoms in total. The van der Waals surface area contributed by atoms with Crippen molar-refractivity contribution in [3.63, 3.8) is 0 Å². The van der Waals surface area contributed by atoms with Crippen LogP contribution in [0.5, 0.6) is 0 Å². The van der Waals surface area contributed by atoms with Crippen LogP contribution >= 0.6 is 0 Å². The van der Waals surface area contributed by atoms with E-state index in [1.54, 1.807) is 11.9 Å². The van der Waals surface area contributed by atoms with Gasteiger partial charge in [-0.15, -0.1) is 0 Å². The van der Waals surface area contributed by atoms with Gasteiger partial charge in [-0.2, -0.15) is 0 Å². The molecule has 0 aromatic heterocycles. The fourth-order valence-electron chi connectivity index (χ4n) is 1.75. The SMILES string of the molecule is COCC(=O)N(C)c1ccc2ccccc2c1. The summed E-state index contributed by atoms with van der Waals surface area (Å²) in [4.78, 5) is 13.3. The molecule has 1 amide bonds. The monoisotopic (exact) mass is 229 g/mol. The van der Waals surface area contributed by atoms with Crippen LogP contribution in [0.3, 0.4) is 0 Å². The predicted octanol–water partition coefficient (Wildman–Crippen LogP) is 2.45. The number of amides is 1. The van der Waals surface area contributed by atoms with Crippen LogP contribution in [0.4, 0.5) is 5.69 Å². The molecule has 0 radical (unpaired) electrons. The summed E-state index contributed by atoms with van der Waals surface area (Å²) in [5, 5.41) is 2.30. The Bertz CT molecular complexity index is 536. The Morgan fingerprint density at radius 3 is 2.59 bits per heavy atom. The van der Waals surface area contributed by atoms with E-state index in [-0.39, 0.29) is 12.5 Å². The van der Waals surface area contributed by atoms with Crippen LogP contribution < -0.4 is 4.90 Å². The van der Waals surface area contributed by atoms with E-state index in [9.17, 15) is 4.79 Å². The lowest BCUT2D eigenvalue weighted by molar-refractivity contribution is -0.121. The normalized spacial score (nSPS) is 10.5. The maximum Gasteiger partial charge on any atom is 0.252 e.